The number of carboxylic acids is 1. The lowest BCUT2D eigenvalue weighted by Gasteiger charge is -2.12. The molecular weight excluding hydrogens is 362 g/mol. The number of carboxylic acid groups (broad SMARTS) is 1. The highest BCUT2D eigenvalue weighted by molar-refractivity contribution is 7.93. The van der Waals surface area contributed by atoms with Gasteiger partial charge in [0.15, 0.2) is 0 Å². The largest absolute Gasteiger partial charge is 0.478 e. The first-order valence-electron chi connectivity index (χ1n) is 8.51. The van der Waals surface area contributed by atoms with E-state index >= 15 is 0 Å². The molecule has 0 spiro atoms. The van der Waals surface area contributed by atoms with Gasteiger partial charge in [-0.15, -0.1) is 0 Å². The van der Waals surface area contributed by atoms with Gasteiger partial charge in [-0.1, -0.05) is 36.4 Å². The van der Waals surface area contributed by atoms with Gasteiger partial charge in [0.2, 0.25) is 0 Å². The van der Waals surface area contributed by atoms with E-state index in [0.29, 0.717) is 11.3 Å². The Kier molecular flexibility index (Phi) is 4.20. The van der Waals surface area contributed by atoms with Crippen LogP contribution in [0.3, 0.4) is 0 Å². The average Bonchev–Trinajstić information content (AvgIpc) is 3.05. The van der Waals surface area contributed by atoms with Gasteiger partial charge in [-0.05, 0) is 59.2 Å². The lowest BCUT2D eigenvalue weighted by atomic mass is 10.1. The summed E-state index contributed by atoms with van der Waals surface area (Å²) in [4.78, 5) is 10.9. The number of sulfonamides is 1. The number of aliphatic carboxylic acids is 1. The second-order valence-corrected chi connectivity index (χ2v) is 8.12. The smallest absolute Gasteiger partial charge is 0.328 e. The van der Waals surface area contributed by atoms with Gasteiger partial charge in [0.05, 0.1) is 4.90 Å². The Labute approximate surface area is 157 Å². The van der Waals surface area contributed by atoms with Gasteiger partial charge >= 0.3 is 5.97 Å². The number of hydrogen-bond donors (Lipinski definition) is 2. The zero-order valence-corrected chi connectivity index (χ0v) is 15.2. The first kappa shape index (κ1) is 17.3. The number of rotatable bonds is 5. The molecule has 2 N–H and O–H groups in total. The van der Waals surface area contributed by atoms with Gasteiger partial charge < -0.3 is 5.11 Å². The maximum Gasteiger partial charge on any atom is 0.328 e. The van der Waals surface area contributed by atoms with E-state index < -0.39 is 16.0 Å². The van der Waals surface area contributed by atoms with E-state index in [4.69, 9.17) is 5.11 Å². The molecule has 0 amide bonds. The third-order valence-electron chi connectivity index (χ3n) is 4.68. The Morgan fingerprint density at radius 1 is 1.00 bits per heavy atom. The van der Waals surface area contributed by atoms with Gasteiger partial charge in [0, 0.05) is 17.1 Å². The van der Waals surface area contributed by atoms with Crippen LogP contribution in [0.4, 0.5) is 5.69 Å². The fourth-order valence-corrected chi connectivity index (χ4v) is 4.79. The third kappa shape index (κ3) is 3.31. The topological polar surface area (TPSA) is 83.5 Å². The predicted octanol–water partition coefficient (Wildman–Crippen LogP) is 3.84. The zero-order chi connectivity index (χ0) is 19.0. The quantitative estimate of drug-likeness (QED) is 0.660. The molecule has 6 heteroatoms. The first-order chi connectivity index (χ1) is 12.9. The molecule has 1 aliphatic carbocycles. The molecule has 0 saturated carbocycles. The molecule has 1 aliphatic rings. The molecule has 5 nitrogen and oxygen atoms in total. The molecule has 0 atom stereocenters. The van der Waals surface area contributed by atoms with Crippen LogP contribution < -0.4 is 4.72 Å². The first-order valence-corrected chi connectivity index (χ1v) is 10.00. The minimum atomic E-state index is -3.78. The van der Waals surface area contributed by atoms with Gasteiger partial charge in [0.1, 0.15) is 0 Å². The van der Waals surface area contributed by atoms with E-state index in [2.05, 4.69) is 4.72 Å². The Balaban J connectivity index is 1.73. The van der Waals surface area contributed by atoms with Crippen molar-refractivity contribution in [2.24, 2.45) is 0 Å². The molecule has 0 aliphatic heterocycles. The summed E-state index contributed by atoms with van der Waals surface area (Å²) in [7, 11) is -3.78. The minimum absolute atomic E-state index is 0.247. The molecule has 0 bridgehead atoms. The van der Waals surface area contributed by atoms with Crippen LogP contribution in [0.1, 0.15) is 16.7 Å². The summed E-state index contributed by atoms with van der Waals surface area (Å²) in [5.74, 6) is -1.06. The van der Waals surface area contributed by atoms with Crippen LogP contribution in [0, 0.1) is 0 Å². The van der Waals surface area contributed by atoms with Gasteiger partial charge in [-0.3, -0.25) is 4.72 Å². The number of benzene rings is 3. The van der Waals surface area contributed by atoms with E-state index in [9.17, 15) is 13.2 Å². The van der Waals surface area contributed by atoms with Crippen LogP contribution in [0.2, 0.25) is 0 Å². The summed E-state index contributed by atoms with van der Waals surface area (Å²) >= 11 is 0. The summed E-state index contributed by atoms with van der Waals surface area (Å²) < 4.78 is 28.6. The van der Waals surface area contributed by atoms with Crippen molar-refractivity contribution in [3.63, 3.8) is 0 Å². The summed E-state index contributed by atoms with van der Waals surface area (Å²) in [5.41, 5.74) is 3.34. The summed E-state index contributed by atoms with van der Waals surface area (Å²) in [6, 6.07) is 15.9. The number of carbonyl (C=O) groups is 1. The molecule has 136 valence electrons. The molecule has 3 aromatic rings. The van der Waals surface area contributed by atoms with E-state index in [1.165, 1.54) is 17.2 Å². The molecule has 0 aromatic heterocycles. The maximum absolute atomic E-state index is 13.0. The van der Waals surface area contributed by atoms with Crippen molar-refractivity contribution in [1.29, 1.82) is 0 Å². The van der Waals surface area contributed by atoms with Crippen LogP contribution in [0.5, 0.6) is 0 Å². The molecule has 0 unspecified atom stereocenters. The van der Waals surface area contributed by atoms with Crippen molar-refractivity contribution in [2.75, 3.05) is 4.72 Å². The molecule has 27 heavy (non-hydrogen) atoms. The Hall–Kier alpha value is -3.12. The lowest BCUT2D eigenvalue weighted by Crippen LogP contribution is -2.13. The summed E-state index contributed by atoms with van der Waals surface area (Å²) in [6.45, 7) is 0. The fourth-order valence-electron chi connectivity index (χ4n) is 3.54. The highest BCUT2D eigenvalue weighted by Crippen LogP contribution is 2.35. The SMILES string of the molecule is O=C(O)/C=C/c1cccc(NS(=O)(=O)c2ccc3c4c(cccc24)CC3)c1. The third-order valence-corrected chi connectivity index (χ3v) is 6.12. The van der Waals surface area contributed by atoms with Crippen molar-refractivity contribution >= 4 is 38.5 Å². The Morgan fingerprint density at radius 3 is 2.52 bits per heavy atom. The molecule has 0 radical (unpaired) electrons. The second kappa shape index (κ2) is 6.55. The van der Waals surface area contributed by atoms with Crippen molar-refractivity contribution in [3.8, 4) is 0 Å². The number of aryl methyl sites for hydroxylation is 2. The van der Waals surface area contributed by atoms with Crippen LogP contribution in [-0.4, -0.2) is 19.5 Å². The van der Waals surface area contributed by atoms with Crippen LogP contribution in [0.15, 0.2) is 65.6 Å². The Morgan fingerprint density at radius 2 is 1.74 bits per heavy atom. The van der Waals surface area contributed by atoms with E-state index in [1.54, 1.807) is 30.3 Å². The van der Waals surface area contributed by atoms with Crippen molar-refractivity contribution in [3.05, 3.63) is 77.4 Å². The van der Waals surface area contributed by atoms with Crippen molar-refractivity contribution in [2.45, 2.75) is 17.7 Å². The van der Waals surface area contributed by atoms with Crippen molar-refractivity contribution < 1.29 is 18.3 Å². The molecule has 3 aromatic carbocycles. The summed E-state index contributed by atoms with van der Waals surface area (Å²) in [6.07, 6.45) is 4.29. The molecule has 0 saturated heterocycles. The van der Waals surface area contributed by atoms with Crippen molar-refractivity contribution in [1.82, 2.24) is 0 Å². The summed E-state index contributed by atoms with van der Waals surface area (Å²) in [5, 5.41) is 10.5. The van der Waals surface area contributed by atoms with Crippen LogP contribution in [0.25, 0.3) is 16.8 Å². The maximum atomic E-state index is 13.0. The molecule has 0 heterocycles. The highest BCUT2D eigenvalue weighted by Gasteiger charge is 2.22. The van der Waals surface area contributed by atoms with E-state index in [-0.39, 0.29) is 4.90 Å². The number of anilines is 1. The van der Waals surface area contributed by atoms with Gasteiger partial charge in [-0.2, -0.15) is 0 Å². The monoisotopic (exact) mass is 379 g/mol. The zero-order valence-electron chi connectivity index (χ0n) is 14.3. The fraction of sp³-hybridized carbons (Fsp3) is 0.0952. The standard InChI is InChI=1S/C21H17NO4S/c23-20(24)12-7-14-3-1-5-17(13-14)22-27(25,26)19-11-10-16-9-8-15-4-2-6-18(19)21(15)16/h1-7,10-13,22H,8-9H2,(H,23,24)/b12-7+. The number of nitrogens with one attached hydrogen (secondary N) is 1. The average molecular weight is 379 g/mol. The highest BCUT2D eigenvalue weighted by atomic mass is 32.2. The molecule has 0 fully saturated rings. The van der Waals surface area contributed by atoms with Gasteiger partial charge in [-0.25, -0.2) is 13.2 Å². The van der Waals surface area contributed by atoms with Crippen LogP contribution in [-0.2, 0) is 27.7 Å². The molecular formula is C21H17NO4S. The predicted molar refractivity (Wildman–Crippen MR) is 105 cm³/mol. The van der Waals surface area contributed by atoms with E-state index in [1.807, 2.05) is 24.3 Å². The second-order valence-electron chi connectivity index (χ2n) is 6.47. The van der Waals surface area contributed by atoms with E-state index in [0.717, 1.165) is 29.7 Å². The number of hydrogen-bond acceptors (Lipinski definition) is 3. The van der Waals surface area contributed by atoms with Gasteiger partial charge in [0.25, 0.3) is 10.0 Å². The lowest BCUT2D eigenvalue weighted by molar-refractivity contribution is -0.131. The Bertz CT molecular complexity index is 1190. The minimum Gasteiger partial charge on any atom is -0.478 e. The normalized spacial score (nSPS) is 13.3. The molecule has 4 rings (SSSR count). The van der Waals surface area contributed by atoms with Crippen LogP contribution >= 0.6 is 0 Å².